The molecule has 0 spiro atoms. The second-order valence-corrected chi connectivity index (χ2v) is 7.67. The van der Waals surface area contributed by atoms with Crippen LogP contribution in [0.15, 0.2) is 18.3 Å². The van der Waals surface area contributed by atoms with Crippen molar-refractivity contribution in [3.05, 3.63) is 29.5 Å². The van der Waals surface area contributed by atoms with Crippen molar-refractivity contribution in [1.82, 2.24) is 14.9 Å². The predicted molar refractivity (Wildman–Crippen MR) is 88.5 cm³/mol. The van der Waals surface area contributed by atoms with Gasteiger partial charge in [0.05, 0.1) is 0 Å². The Labute approximate surface area is 132 Å². The van der Waals surface area contributed by atoms with Gasteiger partial charge in [-0.2, -0.15) is 0 Å². The molecule has 4 rings (SSSR count). The molecule has 3 aliphatic heterocycles. The predicted octanol–water partition coefficient (Wildman–Crippen LogP) is 3.63. The molecule has 0 saturated carbocycles. The Morgan fingerprint density at radius 3 is 2.67 bits per heavy atom. The van der Waals surface area contributed by atoms with Crippen molar-refractivity contribution in [2.45, 2.75) is 45.6 Å². The first-order valence-electron chi connectivity index (χ1n) is 7.72. The van der Waals surface area contributed by atoms with Crippen LogP contribution >= 0.6 is 12.4 Å². The first-order valence-corrected chi connectivity index (χ1v) is 7.72. The third-order valence-electron chi connectivity index (χ3n) is 4.61. The number of aromatic nitrogens is 2. The van der Waals surface area contributed by atoms with Crippen molar-refractivity contribution in [2.24, 2.45) is 5.41 Å². The van der Waals surface area contributed by atoms with E-state index in [1.807, 2.05) is 0 Å². The van der Waals surface area contributed by atoms with Crippen LogP contribution < -0.4 is 5.32 Å². The standard InChI is InChI=1S/C17H23N3.ClH/c1-17(2,3)10-20-5-4-13-11-6-12(9-18-8-11)14(13)7-15-16(20)19-15;/h4-5,7,11-12,18H,6,8-10H2,1-3H3;1H. The smallest absolute Gasteiger partial charge is 0.159 e. The normalized spacial score (nSPS) is 24.0. The van der Waals surface area contributed by atoms with Gasteiger partial charge in [0.15, 0.2) is 5.82 Å². The Morgan fingerprint density at radius 1 is 1.24 bits per heavy atom. The summed E-state index contributed by atoms with van der Waals surface area (Å²) in [6.07, 6.45) is 3.58. The number of nitrogens with one attached hydrogen (secondary N) is 1. The highest BCUT2D eigenvalue weighted by atomic mass is 35.5. The largest absolute Gasteiger partial charge is 0.331 e. The Kier molecular flexibility index (Phi) is 3.53. The molecule has 1 N–H and O–H groups in total. The van der Waals surface area contributed by atoms with Crippen LogP contribution in [0.5, 0.6) is 0 Å². The zero-order valence-electron chi connectivity index (χ0n) is 13.0. The molecular weight excluding hydrogens is 282 g/mol. The number of hydrogen-bond donors (Lipinski definition) is 1. The summed E-state index contributed by atoms with van der Waals surface area (Å²) >= 11 is 0. The molecule has 114 valence electrons. The van der Waals surface area contributed by atoms with Gasteiger partial charge < -0.3 is 9.88 Å². The average molecular weight is 306 g/mol. The zero-order valence-corrected chi connectivity index (χ0v) is 13.8. The van der Waals surface area contributed by atoms with E-state index >= 15 is 0 Å². The van der Waals surface area contributed by atoms with E-state index < -0.39 is 0 Å². The van der Waals surface area contributed by atoms with Gasteiger partial charge in [-0.3, -0.25) is 0 Å². The van der Waals surface area contributed by atoms with Crippen LogP contribution in [-0.2, 0) is 6.54 Å². The third kappa shape index (κ3) is 2.69. The molecule has 0 aromatic heterocycles. The summed E-state index contributed by atoms with van der Waals surface area (Å²) < 4.78 is 2.32. The quantitative estimate of drug-likeness (QED) is 0.872. The Morgan fingerprint density at radius 2 is 1.95 bits per heavy atom. The fourth-order valence-electron chi connectivity index (χ4n) is 3.74. The van der Waals surface area contributed by atoms with E-state index in [0.717, 1.165) is 19.6 Å². The van der Waals surface area contributed by atoms with Crippen LogP contribution in [0, 0.1) is 5.41 Å². The van der Waals surface area contributed by atoms with Crippen molar-refractivity contribution in [3.8, 4) is 11.5 Å². The number of piperidine rings is 1. The molecule has 3 heterocycles. The van der Waals surface area contributed by atoms with Gasteiger partial charge in [-0.25, -0.2) is 4.98 Å². The summed E-state index contributed by atoms with van der Waals surface area (Å²) in [4.78, 5) is 4.61. The summed E-state index contributed by atoms with van der Waals surface area (Å²) in [7, 11) is 0. The van der Waals surface area contributed by atoms with Gasteiger partial charge >= 0.3 is 0 Å². The topological polar surface area (TPSA) is 29.9 Å². The molecule has 2 bridgehead atoms. The Bertz CT molecular complexity index is 626. The fourth-order valence-corrected chi connectivity index (χ4v) is 3.74. The van der Waals surface area contributed by atoms with E-state index in [1.54, 1.807) is 11.1 Å². The van der Waals surface area contributed by atoms with E-state index in [9.17, 15) is 0 Å². The maximum absolute atomic E-state index is 4.61. The highest BCUT2D eigenvalue weighted by Crippen LogP contribution is 2.44. The molecule has 1 saturated heterocycles. The summed E-state index contributed by atoms with van der Waals surface area (Å²) in [5, 5.41) is 3.57. The molecule has 4 aliphatic rings. The summed E-state index contributed by atoms with van der Waals surface area (Å²) in [6.45, 7) is 10.1. The molecule has 0 amide bonds. The molecule has 4 heteroatoms. The lowest BCUT2D eigenvalue weighted by atomic mass is 9.96. The molecule has 2 atom stereocenters. The minimum Gasteiger partial charge on any atom is -0.331 e. The lowest BCUT2D eigenvalue weighted by molar-refractivity contribution is 0.345. The first-order chi connectivity index (χ1) is 9.51. The minimum atomic E-state index is 0. The maximum Gasteiger partial charge on any atom is 0.159 e. The second kappa shape index (κ2) is 4.99. The molecular formula is C17H24ClN3. The van der Waals surface area contributed by atoms with Crippen LogP contribution in [0.4, 0.5) is 0 Å². The van der Waals surface area contributed by atoms with E-state index in [4.69, 9.17) is 0 Å². The van der Waals surface area contributed by atoms with Gasteiger partial charge in [-0.1, -0.05) is 20.8 Å². The van der Waals surface area contributed by atoms with Crippen LogP contribution in [0.25, 0.3) is 11.5 Å². The van der Waals surface area contributed by atoms with Gasteiger partial charge in [-0.05, 0) is 46.9 Å². The molecule has 3 nitrogen and oxygen atoms in total. The van der Waals surface area contributed by atoms with E-state index in [-0.39, 0.29) is 17.8 Å². The Hall–Kier alpha value is -1.06. The minimum absolute atomic E-state index is 0. The highest BCUT2D eigenvalue weighted by molar-refractivity contribution is 5.85. The van der Waals surface area contributed by atoms with Crippen molar-refractivity contribution in [3.63, 3.8) is 0 Å². The lowest BCUT2D eigenvalue weighted by Gasteiger charge is -2.20. The average Bonchev–Trinajstić information content (AvgIpc) is 3.07. The van der Waals surface area contributed by atoms with Crippen LogP contribution in [0.3, 0.4) is 0 Å². The summed E-state index contributed by atoms with van der Waals surface area (Å²) in [5.74, 6) is 2.58. The van der Waals surface area contributed by atoms with Gasteiger partial charge in [0.1, 0.15) is 5.69 Å². The molecule has 21 heavy (non-hydrogen) atoms. The Balaban J connectivity index is 0.00000132. The molecule has 2 unspecified atom stereocenters. The molecule has 0 radical (unpaired) electrons. The molecule has 1 aliphatic carbocycles. The van der Waals surface area contributed by atoms with Crippen molar-refractivity contribution < 1.29 is 0 Å². The number of rotatable bonds is 1. The third-order valence-corrected chi connectivity index (χ3v) is 4.61. The van der Waals surface area contributed by atoms with Crippen molar-refractivity contribution in [2.75, 3.05) is 13.1 Å². The number of fused-ring (bicyclic) bond motifs is 6. The van der Waals surface area contributed by atoms with Gasteiger partial charge in [0.25, 0.3) is 0 Å². The lowest BCUT2D eigenvalue weighted by Crippen LogP contribution is -2.28. The first kappa shape index (κ1) is 14.9. The van der Waals surface area contributed by atoms with E-state index in [1.165, 1.54) is 17.9 Å². The van der Waals surface area contributed by atoms with Gasteiger partial charge in [-0.15, -0.1) is 12.4 Å². The highest BCUT2D eigenvalue weighted by Gasteiger charge is 2.35. The number of nitrogens with zero attached hydrogens (tertiary/aromatic N) is 2. The van der Waals surface area contributed by atoms with Crippen LogP contribution in [0.1, 0.15) is 50.2 Å². The van der Waals surface area contributed by atoms with Crippen LogP contribution in [-0.4, -0.2) is 22.6 Å². The van der Waals surface area contributed by atoms with Crippen LogP contribution in [0.2, 0.25) is 0 Å². The molecule has 0 aromatic rings. The molecule has 1 fully saturated rings. The number of halogens is 1. The summed E-state index contributed by atoms with van der Waals surface area (Å²) in [5.41, 5.74) is 4.58. The number of hydrogen-bond acceptors (Lipinski definition) is 2. The SMILES string of the molecule is CC(C)(C)Cn1ccc2c(cc3nc1-3)C1CNCC2C1.Cl. The fraction of sp³-hybridized carbons (Fsp3) is 0.588. The van der Waals surface area contributed by atoms with Crippen molar-refractivity contribution >= 4 is 12.4 Å². The van der Waals surface area contributed by atoms with Crippen molar-refractivity contribution in [1.29, 1.82) is 0 Å². The summed E-state index contributed by atoms with van der Waals surface area (Å²) in [6, 6.07) is 4.70. The van der Waals surface area contributed by atoms with Gasteiger partial charge in [0, 0.05) is 25.8 Å². The zero-order chi connectivity index (χ0) is 13.9. The monoisotopic (exact) mass is 305 g/mol. The van der Waals surface area contributed by atoms with E-state index in [0.29, 0.717) is 11.8 Å². The van der Waals surface area contributed by atoms with Gasteiger partial charge in [0.2, 0.25) is 0 Å². The molecule has 0 aromatic carbocycles. The maximum atomic E-state index is 4.61. The second-order valence-electron chi connectivity index (χ2n) is 7.67. The van der Waals surface area contributed by atoms with E-state index in [2.05, 4.69) is 54.0 Å².